The van der Waals surface area contributed by atoms with Gasteiger partial charge in [-0.15, -0.1) is 5.16 Å². The molecule has 70 valence electrons. The van der Waals surface area contributed by atoms with Gasteiger partial charge in [0, 0.05) is 29.9 Å². The number of nitrogens with zero attached hydrogens (tertiary/aromatic N) is 2. The molecule has 0 fully saturated rings. The van der Waals surface area contributed by atoms with Gasteiger partial charge in [0.15, 0.2) is 0 Å². The van der Waals surface area contributed by atoms with Crippen LogP contribution >= 0.6 is 0 Å². The zero-order chi connectivity index (χ0) is 9.80. The first kappa shape index (κ1) is 8.69. The van der Waals surface area contributed by atoms with Crippen molar-refractivity contribution in [2.75, 3.05) is 0 Å². The molecule has 0 bridgehead atoms. The molecule has 1 aromatic heterocycles. The average molecular weight is 186 g/mol. The van der Waals surface area contributed by atoms with Gasteiger partial charge in [0.2, 0.25) is 0 Å². The number of hydrogen-bond donors (Lipinski definition) is 1. The highest BCUT2D eigenvalue weighted by Crippen LogP contribution is 2.13. The molecule has 2 rings (SSSR count). The summed E-state index contributed by atoms with van der Waals surface area (Å²) >= 11 is 0. The lowest BCUT2D eigenvalue weighted by atomic mass is 10.1. The first-order valence-corrected chi connectivity index (χ1v) is 4.40. The molecule has 0 amide bonds. The number of pyridine rings is 1. The lowest BCUT2D eigenvalue weighted by Crippen LogP contribution is -1.90. The van der Waals surface area contributed by atoms with Gasteiger partial charge in [0.25, 0.3) is 0 Å². The number of oxime groups is 1. The Morgan fingerprint density at radius 1 is 1.29 bits per heavy atom. The van der Waals surface area contributed by atoms with E-state index in [0.29, 0.717) is 6.42 Å². The number of benzene rings is 1. The summed E-state index contributed by atoms with van der Waals surface area (Å²) in [5.41, 5.74) is 0.904. The van der Waals surface area contributed by atoms with E-state index in [9.17, 15) is 0 Å². The van der Waals surface area contributed by atoms with Crippen molar-refractivity contribution in [1.29, 1.82) is 0 Å². The summed E-state index contributed by atoms with van der Waals surface area (Å²) in [6.07, 6.45) is 3.81. The zero-order valence-corrected chi connectivity index (χ0v) is 7.59. The molecule has 0 spiro atoms. The minimum absolute atomic E-state index is 0.557. The molecule has 0 aliphatic carbocycles. The van der Waals surface area contributed by atoms with Gasteiger partial charge in [0.1, 0.15) is 0 Å². The molecule has 0 radical (unpaired) electrons. The van der Waals surface area contributed by atoms with Crippen molar-refractivity contribution < 1.29 is 5.21 Å². The quantitative estimate of drug-likeness (QED) is 0.444. The van der Waals surface area contributed by atoms with Crippen LogP contribution in [0.5, 0.6) is 0 Å². The van der Waals surface area contributed by atoms with E-state index in [4.69, 9.17) is 5.21 Å². The molecule has 1 aromatic carbocycles. The maximum atomic E-state index is 8.28. The summed E-state index contributed by atoms with van der Waals surface area (Å²) < 4.78 is 0. The zero-order valence-electron chi connectivity index (χ0n) is 7.59. The van der Waals surface area contributed by atoms with Crippen LogP contribution in [-0.2, 0) is 6.42 Å². The van der Waals surface area contributed by atoms with Gasteiger partial charge >= 0.3 is 0 Å². The summed E-state index contributed by atoms with van der Waals surface area (Å²) in [7, 11) is 0. The molecule has 1 heterocycles. The molecule has 14 heavy (non-hydrogen) atoms. The molecule has 0 aliphatic rings. The normalized spacial score (nSPS) is 11.1. The van der Waals surface area contributed by atoms with Crippen LogP contribution in [0.25, 0.3) is 10.8 Å². The third kappa shape index (κ3) is 1.71. The highest BCUT2D eigenvalue weighted by atomic mass is 16.4. The maximum Gasteiger partial charge on any atom is 0.0495 e. The Kier molecular flexibility index (Phi) is 2.40. The molecule has 0 aliphatic heterocycles. The molecule has 3 heteroatoms. The molecule has 0 saturated carbocycles. The van der Waals surface area contributed by atoms with E-state index in [1.54, 1.807) is 0 Å². The SMILES string of the molecule is O/N=C/Cc1cc2ccccc2cn1. The number of hydrogen-bond acceptors (Lipinski definition) is 3. The minimum atomic E-state index is 0.557. The lowest BCUT2D eigenvalue weighted by Gasteiger charge is -1.98. The van der Waals surface area contributed by atoms with Crippen LogP contribution in [0.2, 0.25) is 0 Å². The van der Waals surface area contributed by atoms with Gasteiger partial charge in [-0.2, -0.15) is 0 Å². The molecule has 3 nitrogen and oxygen atoms in total. The van der Waals surface area contributed by atoms with Crippen LogP contribution in [0.3, 0.4) is 0 Å². The van der Waals surface area contributed by atoms with Gasteiger partial charge in [0.05, 0.1) is 0 Å². The summed E-state index contributed by atoms with van der Waals surface area (Å²) in [5, 5.41) is 13.5. The van der Waals surface area contributed by atoms with E-state index in [0.717, 1.165) is 16.5 Å². The summed E-state index contributed by atoms with van der Waals surface area (Å²) in [6, 6.07) is 10.0. The van der Waals surface area contributed by atoms with Crippen molar-refractivity contribution >= 4 is 17.0 Å². The second-order valence-corrected chi connectivity index (χ2v) is 3.02. The van der Waals surface area contributed by atoms with Crippen LogP contribution in [0.1, 0.15) is 5.69 Å². The smallest absolute Gasteiger partial charge is 0.0495 e. The first-order valence-electron chi connectivity index (χ1n) is 4.40. The Balaban J connectivity index is 2.41. The van der Waals surface area contributed by atoms with Crippen molar-refractivity contribution in [3.8, 4) is 0 Å². The third-order valence-electron chi connectivity index (χ3n) is 2.07. The van der Waals surface area contributed by atoms with Crippen molar-refractivity contribution in [3.05, 3.63) is 42.2 Å². The van der Waals surface area contributed by atoms with Gasteiger partial charge in [-0.3, -0.25) is 4.98 Å². The predicted octanol–water partition coefficient (Wildman–Crippen LogP) is 2.24. The lowest BCUT2D eigenvalue weighted by molar-refractivity contribution is 0.320. The summed E-state index contributed by atoms with van der Waals surface area (Å²) in [5.74, 6) is 0. The number of rotatable bonds is 2. The predicted molar refractivity (Wildman–Crippen MR) is 55.7 cm³/mol. The van der Waals surface area contributed by atoms with Crippen LogP contribution in [-0.4, -0.2) is 16.4 Å². The van der Waals surface area contributed by atoms with Gasteiger partial charge < -0.3 is 5.21 Å². The Bertz CT molecular complexity index is 466. The molecule has 2 aromatic rings. The first-order chi connectivity index (χ1) is 6.90. The van der Waals surface area contributed by atoms with Crippen LogP contribution in [0.15, 0.2) is 41.7 Å². The molecular weight excluding hydrogens is 176 g/mol. The summed E-state index contributed by atoms with van der Waals surface area (Å²) in [6.45, 7) is 0. The molecular formula is C11H10N2O. The van der Waals surface area contributed by atoms with E-state index in [-0.39, 0.29) is 0 Å². The second kappa shape index (κ2) is 3.87. The van der Waals surface area contributed by atoms with E-state index in [2.05, 4.69) is 10.1 Å². The fourth-order valence-electron chi connectivity index (χ4n) is 1.38. The molecule has 0 unspecified atom stereocenters. The molecule has 1 N–H and O–H groups in total. The third-order valence-corrected chi connectivity index (χ3v) is 2.07. The summed E-state index contributed by atoms with van der Waals surface area (Å²) in [4.78, 5) is 4.24. The molecule has 0 saturated heterocycles. The average Bonchev–Trinajstić information content (AvgIpc) is 2.26. The second-order valence-electron chi connectivity index (χ2n) is 3.02. The topological polar surface area (TPSA) is 45.5 Å². The van der Waals surface area contributed by atoms with Gasteiger partial charge in [-0.25, -0.2) is 0 Å². The highest BCUT2D eigenvalue weighted by molar-refractivity contribution is 5.82. The Morgan fingerprint density at radius 2 is 2.07 bits per heavy atom. The van der Waals surface area contributed by atoms with E-state index in [1.165, 1.54) is 6.21 Å². The van der Waals surface area contributed by atoms with Crippen molar-refractivity contribution in [1.82, 2.24) is 4.98 Å². The molecule has 0 atom stereocenters. The van der Waals surface area contributed by atoms with Crippen LogP contribution < -0.4 is 0 Å². The van der Waals surface area contributed by atoms with Gasteiger partial charge in [-0.1, -0.05) is 24.3 Å². The standard InChI is InChI=1S/C11H10N2O/c14-13-6-5-11-7-9-3-1-2-4-10(9)8-12-11/h1-4,6-8,14H,5H2/b13-6+. The minimum Gasteiger partial charge on any atom is -0.411 e. The van der Waals surface area contributed by atoms with Crippen molar-refractivity contribution in [3.63, 3.8) is 0 Å². The van der Waals surface area contributed by atoms with E-state index < -0.39 is 0 Å². The van der Waals surface area contributed by atoms with E-state index >= 15 is 0 Å². The Morgan fingerprint density at radius 3 is 2.86 bits per heavy atom. The van der Waals surface area contributed by atoms with Crippen LogP contribution in [0.4, 0.5) is 0 Å². The van der Waals surface area contributed by atoms with Crippen molar-refractivity contribution in [2.24, 2.45) is 5.16 Å². The Labute approximate surface area is 81.7 Å². The highest BCUT2D eigenvalue weighted by Gasteiger charge is 1.95. The van der Waals surface area contributed by atoms with Gasteiger partial charge in [-0.05, 0) is 11.5 Å². The fraction of sp³-hybridized carbons (Fsp3) is 0.0909. The number of fused-ring (bicyclic) bond motifs is 1. The number of aromatic nitrogens is 1. The largest absolute Gasteiger partial charge is 0.411 e. The maximum absolute atomic E-state index is 8.28. The monoisotopic (exact) mass is 186 g/mol. The van der Waals surface area contributed by atoms with Crippen LogP contribution in [0, 0.1) is 0 Å². The van der Waals surface area contributed by atoms with Crippen molar-refractivity contribution in [2.45, 2.75) is 6.42 Å². The van der Waals surface area contributed by atoms with E-state index in [1.807, 2.05) is 36.5 Å². The fourth-order valence-corrected chi connectivity index (χ4v) is 1.38. The Hall–Kier alpha value is -1.90.